The van der Waals surface area contributed by atoms with Crippen LogP contribution in [0, 0.1) is 5.92 Å². The minimum atomic E-state index is -0.825. The summed E-state index contributed by atoms with van der Waals surface area (Å²) in [6.45, 7) is 0.479. The fraction of sp³-hybridized carbons (Fsp3) is 0.643. The van der Waals surface area contributed by atoms with Crippen molar-refractivity contribution in [3.05, 3.63) is 18.0 Å². The molecular formula is C14H22N4O3. The Balaban J connectivity index is 1.74. The highest BCUT2D eigenvalue weighted by Gasteiger charge is 2.31. The van der Waals surface area contributed by atoms with Crippen LogP contribution in [0.1, 0.15) is 31.4 Å². The monoisotopic (exact) mass is 294 g/mol. The predicted molar refractivity (Wildman–Crippen MR) is 76.8 cm³/mol. The van der Waals surface area contributed by atoms with Gasteiger partial charge in [-0.2, -0.15) is 5.10 Å². The van der Waals surface area contributed by atoms with Crippen LogP contribution < -0.4 is 10.6 Å². The van der Waals surface area contributed by atoms with E-state index in [1.807, 2.05) is 19.3 Å². The molecule has 1 aliphatic carbocycles. The van der Waals surface area contributed by atoms with Gasteiger partial charge in [-0.3, -0.25) is 9.48 Å². The number of carbonyl (C=O) groups is 2. The summed E-state index contributed by atoms with van der Waals surface area (Å²) in [5.74, 6) is -1.30. The van der Waals surface area contributed by atoms with Crippen molar-refractivity contribution in [1.82, 2.24) is 20.4 Å². The van der Waals surface area contributed by atoms with Gasteiger partial charge in [0.15, 0.2) is 0 Å². The Labute approximate surface area is 123 Å². The molecule has 1 fully saturated rings. The molecule has 7 nitrogen and oxygen atoms in total. The first kappa shape index (κ1) is 15.3. The van der Waals surface area contributed by atoms with Crippen LogP contribution in [0.4, 0.5) is 4.79 Å². The molecule has 1 aliphatic rings. The zero-order valence-electron chi connectivity index (χ0n) is 12.2. The van der Waals surface area contributed by atoms with E-state index < -0.39 is 11.9 Å². The minimum Gasteiger partial charge on any atom is -0.481 e. The molecule has 21 heavy (non-hydrogen) atoms. The number of aliphatic carboxylic acids is 1. The van der Waals surface area contributed by atoms with Gasteiger partial charge >= 0.3 is 12.0 Å². The molecule has 2 rings (SSSR count). The lowest BCUT2D eigenvalue weighted by Gasteiger charge is -2.29. The van der Waals surface area contributed by atoms with E-state index in [-0.39, 0.29) is 12.1 Å². The number of carbonyl (C=O) groups excluding carboxylic acids is 1. The van der Waals surface area contributed by atoms with Crippen LogP contribution in [-0.4, -0.2) is 39.5 Å². The summed E-state index contributed by atoms with van der Waals surface area (Å²) in [5, 5.41) is 18.9. The Morgan fingerprint density at radius 3 is 2.86 bits per heavy atom. The summed E-state index contributed by atoms with van der Waals surface area (Å²) in [4.78, 5) is 23.0. The number of urea groups is 1. The molecule has 0 spiro atoms. The topological polar surface area (TPSA) is 96.2 Å². The quantitative estimate of drug-likeness (QED) is 0.752. The normalized spacial score (nSPS) is 21.8. The molecule has 0 saturated heterocycles. The number of aryl methyl sites for hydroxylation is 1. The molecule has 0 bridgehead atoms. The van der Waals surface area contributed by atoms with Gasteiger partial charge in [0.1, 0.15) is 0 Å². The third-order valence-electron chi connectivity index (χ3n) is 3.84. The van der Waals surface area contributed by atoms with Crippen molar-refractivity contribution in [2.24, 2.45) is 13.0 Å². The SMILES string of the molecule is Cn1ccc(CCNC(=O)NC2CCCCC2C(=O)O)n1. The lowest BCUT2D eigenvalue weighted by Crippen LogP contribution is -2.49. The number of hydrogen-bond acceptors (Lipinski definition) is 3. The van der Waals surface area contributed by atoms with Crippen molar-refractivity contribution in [3.8, 4) is 0 Å². The zero-order valence-corrected chi connectivity index (χ0v) is 12.2. The van der Waals surface area contributed by atoms with Crippen LogP contribution in [0.3, 0.4) is 0 Å². The number of nitrogens with one attached hydrogen (secondary N) is 2. The Bertz CT molecular complexity index is 500. The first-order valence-electron chi connectivity index (χ1n) is 7.32. The van der Waals surface area contributed by atoms with E-state index in [1.54, 1.807) is 4.68 Å². The molecule has 1 aromatic rings. The summed E-state index contributed by atoms with van der Waals surface area (Å²) in [6.07, 6.45) is 5.74. The zero-order chi connectivity index (χ0) is 15.2. The molecule has 1 heterocycles. The summed E-state index contributed by atoms with van der Waals surface area (Å²) in [5.41, 5.74) is 0.916. The van der Waals surface area contributed by atoms with Gasteiger partial charge in [-0.05, 0) is 18.9 Å². The van der Waals surface area contributed by atoms with Crippen molar-refractivity contribution in [3.63, 3.8) is 0 Å². The van der Waals surface area contributed by atoms with Crippen LogP contribution in [0.5, 0.6) is 0 Å². The summed E-state index contributed by atoms with van der Waals surface area (Å²) < 4.78 is 1.72. The van der Waals surface area contributed by atoms with Crippen LogP contribution >= 0.6 is 0 Å². The van der Waals surface area contributed by atoms with Crippen LogP contribution in [0.15, 0.2) is 12.3 Å². The highest BCUT2D eigenvalue weighted by Crippen LogP contribution is 2.24. The summed E-state index contributed by atoms with van der Waals surface area (Å²) >= 11 is 0. The number of aromatic nitrogens is 2. The molecule has 1 saturated carbocycles. The van der Waals surface area contributed by atoms with Gasteiger partial charge in [-0.1, -0.05) is 12.8 Å². The fourth-order valence-corrected chi connectivity index (χ4v) is 2.72. The predicted octanol–water partition coefficient (Wildman–Crippen LogP) is 0.905. The Hall–Kier alpha value is -2.05. The second-order valence-corrected chi connectivity index (χ2v) is 5.47. The summed E-state index contributed by atoms with van der Waals surface area (Å²) in [6, 6.07) is 1.33. The van der Waals surface area contributed by atoms with Gasteiger partial charge in [-0.15, -0.1) is 0 Å². The van der Waals surface area contributed by atoms with Crippen molar-refractivity contribution in [2.45, 2.75) is 38.1 Å². The smallest absolute Gasteiger partial charge is 0.315 e. The van der Waals surface area contributed by atoms with E-state index in [9.17, 15) is 9.59 Å². The van der Waals surface area contributed by atoms with E-state index in [4.69, 9.17) is 5.11 Å². The Kier molecular flexibility index (Phi) is 5.19. The van der Waals surface area contributed by atoms with Crippen LogP contribution in [-0.2, 0) is 18.3 Å². The molecule has 2 amide bonds. The van der Waals surface area contributed by atoms with Gasteiger partial charge in [-0.25, -0.2) is 4.79 Å². The maximum Gasteiger partial charge on any atom is 0.315 e. The molecule has 3 N–H and O–H groups in total. The fourth-order valence-electron chi connectivity index (χ4n) is 2.72. The maximum atomic E-state index is 11.8. The van der Waals surface area contributed by atoms with E-state index in [1.165, 1.54) is 0 Å². The highest BCUT2D eigenvalue weighted by atomic mass is 16.4. The molecule has 0 aromatic carbocycles. The van der Waals surface area contributed by atoms with Crippen LogP contribution in [0.25, 0.3) is 0 Å². The highest BCUT2D eigenvalue weighted by molar-refractivity contribution is 5.76. The second-order valence-electron chi connectivity index (χ2n) is 5.47. The molecule has 0 radical (unpaired) electrons. The van der Waals surface area contributed by atoms with E-state index >= 15 is 0 Å². The maximum absolute atomic E-state index is 11.8. The standard InChI is InChI=1S/C14H22N4O3/c1-18-9-7-10(17-18)6-8-15-14(21)16-12-5-3-2-4-11(12)13(19)20/h7,9,11-12H,2-6,8H2,1H3,(H,19,20)(H2,15,16,21). The third-order valence-corrected chi connectivity index (χ3v) is 3.84. The van der Waals surface area contributed by atoms with Crippen molar-refractivity contribution >= 4 is 12.0 Å². The first-order chi connectivity index (χ1) is 10.1. The molecule has 2 atom stereocenters. The van der Waals surface area contributed by atoms with Gasteiger partial charge in [0, 0.05) is 32.3 Å². The van der Waals surface area contributed by atoms with Crippen molar-refractivity contribution < 1.29 is 14.7 Å². The minimum absolute atomic E-state index is 0.272. The van der Waals surface area contributed by atoms with E-state index in [0.717, 1.165) is 25.0 Å². The number of hydrogen-bond donors (Lipinski definition) is 3. The molecule has 116 valence electrons. The summed E-state index contributed by atoms with van der Waals surface area (Å²) in [7, 11) is 1.85. The van der Waals surface area contributed by atoms with Gasteiger partial charge < -0.3 is 15.7 Å². The average Bonchev–Trinajstić information content (AvgIpc) is 2.85. The Morgan fingerprint density at radius 1 is 1.43 bits per heavy atom. The largest absolute Gasteiger partial charge is 0.481 e. The molecule has 1 aromatic heterocycles. The molecule has 7 heteroatoms. The van der Waals surface area contributed by atoms with Crippen molar-refractivity contribution in [1.29, 1.82) is 0 Å². The van der Waals surface area contributed by atoms with Crippen molar-refractivity contribution in [2.75, 3.05) is 6.54 Å². The van der Waals surface area contributed by atoms with Gasteiger partial charge in [0.05, 0.1) is 11.6 Å². The first-order valence-corrected chi connectivity index (χ1v) is 7.32. The Morgan fingerprint density at radius 2 is 2.19 bits per heavy atom. The number of carboxylic acid groups (broad SMARTS) is 1. The van der Waals surface area contributed by atoms with Gasteiger partial charge in [0.25, 0.3) is 0 Å². The molecule has 2 unspecified atom stereocenters. The number of rotatable bonds is 5. The molecule has 0 aliphatic heterocycles. The van der Waals surface area contributed by atoms with Crippen LogP contribution in [0.2, 0.25) is 0 Å². The second kappa shape index (κ2) is 7.10. The number of carboxylic acids is 1. The van der Waals surface area contributed by atoms with E-state index in [0.29, 0.717) is 19.4 Å². The molecular weight excluding hydrogens is 272 g/mol. The van der Waals surface area contributed by atoms with E-state index in [2.05, 4.69) is 15.7 Å². The number of nitrogens with zero attached hydrogens (tertiary/aromatic N) is 2. The van der Waals surface area contributed by atoms with Gasteiger partial charge in [0.2, 0.25) is 0 Å². The number of amides is 2. The third kappa shape index (κ3) is 4.47. The lowest BCUT2D eigenvalue weighted by atomic mass is 9.84. The lowest BCUT2D eigenvalue weighted by molar-refractivity contribution is -0.143. The average molecular weight is 294 g/mol.